The number of rotatable bonds is 4. The Hall–Kier alpha value is -2.08. The molecule has 0 aliphatic carbocycles. The first-order chi connectivity index (χ1) is 9.63. The lowest BCUT2D eigenvalue weighted by atomic mass is 10.1. The van der Waals surface area contributed by atoms with E-state index < -0.39 is 11.9 Å². The summed E-state index contributed by atoms with van der Waals surface area (Å²) in [6, 6.07) is 6.79. The Morgan fingerprint density at radius 1 is 1.45 bits per heavy atom. The van der Waals surface area contributed by atoms with E-state index in [1.165, 1.54) is 0 Å². The second-order valence-corrected chi connectivity index (χ2v) is 4.70. The van der Waals surface area contributed by atoms with Crippen LogP contribution in [-0.2, 0) is 16.0 Å². The summed E-state index contributed by atoms with van der Waals surface area (Å²) in [5.74, 6) is 0.0805. The van der Waals surface area contributed by atoms with E-state index in [4.69, 9.17) is 10.5 Å². The van der Waals surface area contributed by atoms with E-state index in [9.17, 15) is 9.59 Å². The van der Waals surface area contributed by atoms with Gasteiger partial charge in [0, 0.05) is 25.2 Å². The van der Waals surface area contributed by atoms with Crippen molar-refractivity contribution in [3.05, 3.63) is 29.8 Å². The number of ether oxygens (including phenoxy) is 1. The number of benzene rings is 1. The van der Waals surface area contributed by atoms with E-state index in [-0.39, 0.29) is 12.3 Å². The maximum Gasteiger partial charge on any atom is 0.241 e. The monoisotopic (exact) mass is 277 g/mol. The molecule has 2 amide bonds. The van der Waals surface area contributed by atoms with Gasteiger partial charge in [-0.1, -0.05) is 18.2 Å². The maximum atomic E-state index is 12.4. The highest BCUT2D eigenvalue weighted by molar-refractivity contribution is 5.88. The first-order valence-electron chi connectivity index (χ1n) is 6.55. The van der Waals surface area contributed by atoms with Gasteiger partial charge in [0.25, 0.3) is 0 Å². The Labute approximate surface area is 117 Å². The highest BCUT2D eigenvalue weighted by Crippen LogP contribution is 2.19. The van der Waals surface area contributed by atoms with Gasteiger partial charge in [-0.15, -0.1) is 0 Å². The quantitative estimate of drug-likeness (QED) is 0.779. The van der Waals surface area contributed by atoms with Gasteiger partial charge in [0.05, 0.1) is 13.5 Å². The third-order valence-corrected chi connectivity index (χ3v) is 3.43. The third kappa shape index (κ3) is 3.08. The number of piperazine rings is 1. The van der Waals surface area contributed by atoms with E-state index in [1.54, 1.807) is 12.0 Å². The molecular weight excluding hydrogens is 258 g/mol. The van der Waals surface area contributed by atoms with Gasteiger partial charge in [0.2, 0.25) is 11.8 Å². The molecule has 0 aromatic heterocycles. The molecule has 0 radical (unpaired) electrons. The fourth-order valence-corrected chi connectivity index (χ4v) is 2.37. The molecule has 108 valence electrons. The van der Waals surface area contributed by atoms with Crippen LogP contribution in [0.5, 0.6) is 5.75 Å². The molecule has 6 heteroatoms. The van der Waals surface area contributed by atoms with Crippen molar-refractivity contribution in [1.82, 2.24) is 10.2 Å². The topological polar surface area (TPSA) is 84.7 Å². The van der Waals surface area contributed by atoms with E-state index in [1.807, 2.05) is 24.3 Å². The van der Waals surface area contributed by atoms with Crippen LogP contribution in [0.3, 0.4) is 0 Å². The predicted molar refractivity (Wildman–Crippen MR) is 74.3 cm³/mol. The van der Waals surface area contributed by atoms with Crippen molar-refractivity contribution in [3.8, 4) is 5.75 Å². The second-order valence-electron chi connectivity index (χ2n) is 4.70. The lowest BCUT2D eigenvalue weighted by Crippen LogP contribution is -2.59. The number of carbonyl (C=O) groups excluding carboxylic acids is 2. The first-order valence-corrected chi connectivity index (χ1v) is 6.55. The van der Waals surface area contributed by atoms with Crippen LogP contribution in [0.1, 0.15) is 5.56 Å². The minimum atomic E-state index is -0.578. The molecule has 1 fully saturated rings. The SMILES string of the molecule is COc1ccccc1CC(=O)N1CCNC[C@@H]1C(N)=O. The molecule has 2 rings (SSSR count). The molecule has 0 saturated carbocycles. The van der Waals surface area contributed by atoms with Gasteiger partial charge in [-0.3, -0.25) is 9.59 Å². The zero-order valence-corrected chi connectivity index (χ0v) is 11.5. The Balaban J connectivity index is 2.12. The molecular formula is C14H19N3O3. The summed E-state index contributed by atoms with van der Waals surface area (Å²) >= 11 is 0. The molecule has 1 aromatic carbocycles. The van der Waals surface area contributed by atoms with Crippen LogP contribution in [0.4, 0.5) is 0 Å². The number of primary amides is 1. The van der Waals surface area contributed by atoms with Crippen LogP contribution in [0, 0.1) is 0 Å². The van der Waals surface area contributed by atoms with Crippen molar-refractivity contribution in [2.45, 2.75) is 12.5 Å². The molecule has 0 bridgehead atoms. The molecule has 1 aliphatic heterocycles. The van der Waals surface area contributed by atoms with Crippen LogP contribution in [0.2, 0.25) is 0 Å². The van der Waals surface area contributed by atoms with Crippen molar-refractivity contribution >= 4 is 11.8 Å². The van der Waals surface area contributed by atoms with Gasteiger partial charge in [-0.2, -0.15) is 0 Å². The predicted octanol–water partition coefficient (Wildman–Crippen LogP) is -0.477. The fourth-order valence-electron chi connectivity index (χ4n) is 2.37. The number of carbonyl (C=O) groups is 2. The number of methoxy groups -OCH3 is 1. The summed E-state index contributed by atoms with van der Waals surface area (Å²) in [7, 11) is 1.57. The lowest BCUT2D eigenvalue weighted by Gasteiger charge is -2.34. The van der Waals surface area contributed by atoms with Crippen molar-refractivity contribution in [2.75, 3.05) is 26.7 Å². The van der Waals surface area contributed by atoms with Crippen LogP contribution in [-0.4, -0.2) is 49.5 Å². The van der Waals surface area contributed by atoms with Crippen molar-refractivity contribution < 1.29 is 14.3 Å². The van der Waals surface area contributed by atoms with Crippen LogP contribution >= 0.6 is 0 Å². The normalized spacial score (nSPS) is 18.6. The Kier molecular flexibility index (Phi) is 4.57. The number of para-hydroxylation sites is 1. The zero-order chi connectivity index (χ0) is 14.5. The van der Waals surface area contributed by atoms with Crippen molar-refractivity contribution in [3.63, 3.8) is 0 Å². The number of nitrogens with two attached hydrogens (primary N) is 1. The molecule has 1 saturated heterocycles. The average molecular weight is 277 g/mol. The number of hydrogen-bond acceptors (Lipinski definition) is 4. The second kappa shape index (κ2) is 6.38. The van der Waals surface area contributed by atoms with Crippen LogP contribution in [0.15, 0.2) is 24.3 Å². The van der Waals surface area contributed by atoms with E-state index in [0.717, 1.165) is 5.56 Å². The van der Waals surface area contributed by atoms with Gasteiger partial charge in [-0.05, 0) is 6.07 Å². The highest BCUT2D eigenvalue weighted by Gasteiger charge is 2.30. The smallest absolute Gasteiger partial charge is 0.241 e. The first kappa shape index (κ1) is 14.3. The van der Waals surface area contributed by atoms with Gasteiger partial charge in [0.1, 0.15) is 11.8 Å². The summed E-state index contributed by atoms with van der Waals surface area (Å²) in [4.78, 5) is 25.3. The average Bonchev–Trinajstić information content (AvgIpc) is 2.47. The summed E-state index contributed by atoms with van der Waals surface area (Å²) in [6.07, 6.45) is 0.202. The molecule has 6 nitrogen and oxygen atoms in total. The minimum absolute atomic E-state index is 0.111. The van der Waals surface area contributed by atoms with E-state index >= 15 is 0 Å². The summed E-state index contributed by atoms with van der Waals surface area (Å²) in [5.41, 5.74) is 6.15. The van der Waals surface area contributed by atoms with Crippen molar-refractivity contribution in [2.24, 2.45) is 5.73 Å². The standard InChI is InChI=1S/C14H19N3O3/c1-20-12-5-3-2-4-10(12)8-13(18)17-7-6-16-9-11(17)14(15)19/h2-5,11,16H,6-9H2,1H3,(H2,15,19)/t11-/m1/s1. The molecule has 20 heavy (non-hydrogen) atoms. The Morgan fingerprint density at radius 2 is 2.20 bits per heavy atom. The van der Waals surface area contributed by atoms with Gasteiger partial charge in [-0.25, -0.2) is 0 Å². The largest absolute Gasteiger partial charge is 0.496 e. The molecule has 1 aromatic rings. The highest BCUT2D eigenvalue weighted by atomic mass is 16.5. The molecule has 3 N–H and O–H groups in total. The Bertz CT molecular complexity index is 504. The molecule has 1 heterocycles. The van der Waals surface area contributed by atoms with Gasteiger partial charge in [0.15, 0.2) is 0 Å². The Morgan fingerprint density at radius 3 is 2.90 bits per heavy atom. The molecule has 1 atom stereocenters. The number of amides is 2. The minimum Gasteiger partial charge on any atom is -0.496 e. The summed E-state index contributed by atoms with van der Waals surface area (Å²) < 4.78 is 5.23. The fraction of sp³-hybridized carbons (Fsp3) is 0.429. The maximum absolute atomic E-state index is 12.4. The molecule has 0 spiro atoms. The third-order valence-electron chi connectivity index (χ3n) is 3.43. The molecule has 0 unspecified atom stereocenters. The van der Waals surface area contributed by atoms with E-state index in [0.29, 0.717) is 25.4 Å². The van der Waals surface area contributed by atoms with Gasteiger partial charge >= 0.3 is 0 Å². The van der Waals surface area contributed by atoms with Crippen LogP contribution < -0.4 is 15.8 Å². The van der Waals surface area contributed by atoms with Gasteiger partial charge < -0.3 is 20.7 Å². The number of nitrogens with one attached hydrogen (secondary N) is 1. The lowest BCUT2D eigenvalue weighted by molar-refractivity contribution is -0.139. The van der Waals surface area contributed by atoms with Crippen molar-refractivity contribution in [1.29, 1.82) is 0 Å². The number of hydrogen-bond donors (Lipinski definition) is 2. The zero-order valence-electron chi connectivity index (χ0n) is 11.5. The summed E-state index contributed by atoms with van der Waals surface area (Å²) in [5, 5.41) is 3.07. The van der Waals surface area contributed by atoms with Crippen LogP contribution in [0.25, 0.3) is 0 Å². The summed E-state index contributed by atoms with van der Waals surface area (Å²) in [6.45, 7) is 1.57. The molecule has 1 aliphatic rings. The van der Waals surface area contributed by atoms with E-state index in [2.05, 4.69) is 5.32 Å². The number of nitrogens with zero attached hydrogens (tertiary/aromatic N) is 1.